The van der Waals surface area contributed by atoms with Gasteiger partial charge in [0.05, 0.1) is 20.3 Å². The van der Waals surface area contributed by atoms with Crippen molar-refractivity contribution in [2.75, 3.05) is 31.1 Å². The number of non-ortho nitro benzene ring substituents is 1. The molecular weight excluding hydrogens is 445 g/mol. The summed E-state index contributed by atoms with van der Waals surface area (Å²) in [6, 6.07) is 6.55. The van der Waals surface area contributed by atoms with E-state index in [0.29, 0.717) is 6.07 Å². The molecule has 3 rings (SSSR count). The van der Waals surface area contributed by atoms with Gasteiger partial charge >= 0.3 is 6.18 Å². The second kappa shape index (κ2) is 8.11. The number of hydrogen-bond donors (Lipinski definition) is 0. The van der Waals surface area contributed by atoms with Gasteiger partial charge < -0.3 is 4.90 Å². The number of benzene rings is 2. The van der Waals surface area contributed by atoms with Crippen molar-refractivity contribution in [3.05, 3.63) is 68.3 Å². The van der Waals surface area contributed by atoms with Gasteiger partial charge in [0.15, 0.2) is 0 Å². The van der Waals surface area contributed by atoms with Crippen LogP contribution >= 0.6 is 0 Å². The summed E-state index contributed by atoms with van der Waals surface area (Å²) in [5, 5.41) is 22.0. The summed E-state index contributed by atoms with van der Waals surface area (Å²) in [6.07, 6.45) is -4.74. The number of halogens is 3. The molecule has 0 bridgehead atoms. The third-order valence-corrected chi connectivity index (χ3v) is 6.68. The van der Waals surface area contributed by atoms with E-state index < -0.39 is 37.3 Å². The summed E-state index contributed by atoms with van der Waals surface area (Å²) in [7, 11) is -3.96. The van der Waals surface area contributed by atoms with Gasteiger partial charge in [0.1, 0.15) is 5.69 Å². The molecule has 0 atom stereocenters. The molecule has 0 aliphatic carbocycles. The number of nitro groups is 2. The molecule has 0 amide bonds. The van der Waals surface area contributed by atoms with Crippen LogP contribution in [0.2, 0.25) is 0 Å². The topological polar surface area (TPSA) is 127 Å². The fraction of sp³-hybridized carbons (Fsp3) is 0.294. The SMILES string of the molecule is O=[N+]([O-])c1ccc(S(=O)(=O)N2CCN(c3ccc(C(F)(F)F)cc3[N+](=O)[O-])CC2)cc1. The number of alkyl halides is 3. The quantitative estimate of drug-likeness (QED) is 0.496. The van der Waals surface area contributed by atoms with Gasteiger partial charge in [-0.25, -0.2) is 8.42 Å². The second-order valence-corrected chi connectivity index (χ2v) is 8.54. The highest BCUT2D eigenvalue weighted by molar-refractivity contribution is 7.89. The van der Waals surface area contributed by atoms with Crippen molar-refractivity contribution in [2.24, 2.45) is 0 Å². The van der Waals surface area contributed by atoms with Crippen LogP contribution < -0.4 is 4.90 Å². The van der Waals surface area contributed by atoms with Crippen molar-refractivity contribution in [3.8, 4) is 0 Å². The molecule has 2 aromatic carbocycles. The molecule has 31 heavy (non-hydrogen) atoms. The molecule has 14 heteroatoms. The number of nitrogens with zero attached hydrogens (tertiary/aromatic N) is 4. The maximum absolute atomic E-state index is 12.9. The maximum atomic E-state index is 12.9. The summed E-state index contributed by atoms with van der Waals surface area (Å²) in [6.45, 7) is -0.119. The Morgan fingerprint density at radius 1 is 0.871 bits per heavy atom. The molecule has 1 aliphatic rings. The minimum Gasteiger partial charge on any atom is -0.363 e. The Morgan fingerprint density at radius 2 is 1.45 bits per heavy atom. The van der Waals surface area contributed by atoms with Crippen LogP contribution in [0.4, 0.5) is 30.2 Å². The molecule has 1 saturated heterocycles. The fourth-order valence-corrected chi connectivity index (χ4v) is 4.59. The average molecular weight is 460 g/mol. The molecule has 0 radical (unpaired) electrons. The summed E-state index contributed by atoms with van der Waals surface area (Å²) < 4.78 is 65.2. The highest BCUT2D eigenvalue weighted by Gasteiger charge is 2.35. The van der Waals surface area contributed by atoms with Crippen molar-refractivity contribution in [1.82, 2.24) is 4.31 Å². The van der Waals surface area contributed by atoms with E-state index in [1.54, 1.807) is 0 Å². The zero-order chi connectivity index (χ0) is 23.0. The van der Waals surface area contributed by atoms with Crippen molar-refractivity contribution in [1.29, 1.82) is 0 Å². The third-order valence-electron chi connectivity index (χ3n) is 4.76. The molecule has 0 unspecified atom stereocenters. The zero-order valence-electron chi connectivity index (χ0n) is 15.7. The smallest absolute Gasteiger partial charge is 0.363 e. The molecule has 0 aromatic heterocycles. The van der Waals surface area contributed by atoms with Gasteiger partial charge in [0.2, 0.25) is 10.0 Å². The van der Waals surface area contributed by atoms with Crippen molar-refractivity contribution >= 4 is 27.1 Å². The van der Waals surface area contributed by atoms with Gasteiger partial charge in [-0.15, -0.1) is 0 Å². The Labute approximate surface area is 173 Å². The normalized spacial score (nSPS) is 15.6. The van der Waals surface area contributed by atoms with Gasteiger partial charge in [0, 0.05) is 44.4 Å². The van der Waals surface area contributed by atoms with E-state index in [1.165, 1.54) is 4.90 Å². The van der Waals surface area contributed by atoms with E-state index in [1.807, 2.05) is 0 Å². The maximum Gasteiger partial charge on any atom is 0.416 e. The van der Waals surface area contributed by atoms with Gasteiger partial charge in [-0.05, 0) is 24.3 Å². The lowest BCUT2D eigenvalue weighted by atomic mass is 10.1. The molecule has 0 spiro atoms. The molecule has 1 aliphatic heterocycles. The van der Waals surface area contributed by atoms with E-state index in [4.69, 9.17) is 0 Å². The molecule has 10 nitrogen and oxygen atoms in total. The molecule has 1 fully saturated rings. The summed E-state index contributed by atoms with van der Waals surface area (Å²) >= 11 is 0. The first kappa shape index (κ1) is 22.4. The Bertz CT molecular complexity index is 1110. The third kappa shape index (κ3) is 4.59. The molecule has 1 heterocycles. The first-order valence-corrected chi connectivity index (χ1v) is 10.2. The lowest BCUT2D eigenvalue weighted by Gasteiger charge is -2.35. The van der Waals surface area contributed by atoms with Gasteiger partial charge in [-0.2, -0.15) is 17.5 Å². The monoisotopic (exact) mass is 460 g/mol. The fourth-order valence-electron chi connectivity index (χ4n) is 3.17. The number of nitro benzene ring substituents is 2. The summed E-state index contributed by atoms with van der Waals surface area (Å²) in [5.74, 6) is 0. The van der Waals surface area contributed by atoms with Crippen molar-refractivity contribution in [3.63, 3.8) is 0 Å². The molecule has 0 N–H and O–H groups in total. The van der Waals surface area contributed by atoms with Crippen LogP contribution in [0, 0.1) is 20.2 Å². The molecule has 166 valence electrons. The summed E-state index contributed by atoms with van der Waals surface area (Å²) in [4.78, 5) is 21.7. The minimum atomic E-state index is -4.74. The van der Waals surface area contributed by atoms with Crippen LogP contribution in [-0.4, -0.2) is 48.7 Å². The van der Waals surface area contributed by atoms with Crippen LogP contribution in [0.1, 0.15) is 5.56 Å². The van der Waals surface area contributed by atoms with Crippen LogP contribution in [0.15, 0.2) is 47.4 Å². The number of hydrogen-bond acceptors (Lipinski definition) is 7. The van der Waals surface area contributed by atoms with E-state index >= 15 is 0 Å². The van der Waals surface area contributed by atoms with E-state index in [-0.39, 0.29) is 42.4 Å². The number of piperazine rings is 1. The van der Waals surface area contributed by atoms with Gasteiger partial charge in [-0.1, -0.05) is 0 Å². The highest BCUT2D eigenvalue weighted by Crippen LogP contribution is 2.37. The summed E-state index contributed by atoms with van der Waals surface area (Å²) in [5.41, 5.74) is -2.17. The standard InChI is InChI=1S/C17H15F3N4O6S/c18-17(19,20)12-1-6-15(16(11-12)24(27)28)21-7-9-22(10-8-21)31(29,30)14-4-2-13(3-5-14)23(25)26/h1-6,11H,7-10H2. The number of anilines is 1. The lowest BCUT2D eigenvalue weighted by molar-refractivity contribution is -0.384. The van der Waals surface area contributed by atoms with Gasteiger partial charge in [-0.3, -0.25) is 20.2 Å². The highest BCUT2D eigenvalue weighted by atomic mass is 32.2. The molecular formula is C17H15F3N4O6S. The van der Waals surface area contributed by atoms with E-state index in [0.717, 1.165) is 40.7 Å². The largest absolute Gasteiger partial charge is 0.416 e. The number of sulfonamides is 1. The van der Waals surface area contributed by atoms with Crippen molar-refractivity contribution < 1.29 is 31.4 Å². The van der Waals surface area contributed by atoms with Crippen molar-refractivity contribution in [2.45, 2.75) is 11.1 Å². The lowest BCUT2D eigenvalue weighted by Crippen LogP contribution is -2.48. The Hall–Kier alpha value is -3.26. The van der Waals surface area contributed by atoms with E-state index in [2.05, 4.69) is 0 Å². The Morgan fingerprint density at radius 3 is 1.94 bits per heavy atom. The predicted molar refractivity (Wildman–Crippen MR) is 102 cm³/mol. The van der Waals surface area contributed by atoms with Crippen LogP contribution in [0.25, 0.3) is 0 Å². The molecule has 0 saturated carbocycles. The van der Waals surface area contributed by atoms with E-state index in [9.17, 15) is 41.8 Å². The van der Waals surface area contributed by atoms with Crippen LogP contribution in [-0.2, 0) is 16.2 Å². The Kier molecular flexibility index (Phi) is 5.87. The Balaban J connectivity index is 1.79. The average Bonchev–Trinajstić information content (AvgIpc) is 2.72. The minimum absolute atomic E-state index is 0.0123. The van der Waals surface area contributed by atoms with Crippen LogP contribution in [0.3, 0.4) is 0 Å². The first-order chi connectivity index (χ1) is 14.4. The molecule has 2 aromatic rings. The number of rotatable bonds is 5. The van der Waals surface area contributed by atoms with Gasteiger partial charge in [0.25, 0.3) is 11.4 Å². The zero-order valence-corrected chi connectivity index (χ0v) is 16.5. The van der Waals surface area contributed by atoms with Crippen LogP contribution in [0.5, 0.6) is 0 Å². The second-order valence-electron chi connectivity index (χ2n) is 6.60. The first-order valence-electron chi connectivity index (χ1n) is 8.76. The predicted octanol–water partition coefficient (Wildman–Crippen LogP) is 3.03.